The highest BCUT2D eigenvalue weighted by atomic mass is 19.1. The Kier molecular flexibility index (Phi) is 4.22. The summed E-state index contributed by atoms with van der Waals surface area (Å²) >= 11 is 0. The molecule has 0 spiro atoms. The van der Waals surface area contributed by atoms with E-state index in [0.717, 1.165) is 18.0 Å². The Morgan fingerprint density at radius 3 is 2.43 bits per heavy atom. The predicted octanol–water partition coefficient (Wildman–Crippen LogP) is 1.80. The van der Waals surface area contributed by atoms with Crippen LogP contribution in [0.15, 0.2) is 36.7 Å². The molecule has 1 unspecified atom stereocenters. The average Bonchev–Trinajstić information content (AvgIpc) is 2.48. The molecule has 108 valence electrons. The average molecular weight is 289 g/mol. The summed E-state index contributed by atoms with van der Waals surface area (Å²) < 4.78 is 12.8. The van der Waals surface area contributed by atoms with E-state index >= 15 is 0 Å². The number of benzene rings is 1. The summed E-state index contributed by atoms with van der Waals surface area (Å²) in [4.78, 5) is 30.1. The Balaban J connectivity index is 2.12. The maximum Gasteiger partial charge on any atom is 0.354 e. The van der Waals surface area contributed by atoms with Crippen LogP contribution in [0.1, 0.15) is 39.5 Å². The molecule has 6 nitrogen and oxygen atoms in total. The minimum atomic E-state index is -1.24. The molecule has 2 N–H and O–H groups in total. The number of aromatic nitrogens is 2. The van der Waals surface area contributed by atoms with Crippen LogP contribution in [-0.4, -0.2) is 27.0 Å². The summed E-state index contributed by atoms with van der Waals surface area (Å²) in [6, 6.07) is 6.43. The lowest BCUT2D eigenvalue weighted by Gasteiger charge is -2.14. The molecule has 0 bridgehead atoms. The molecule has 0 saturated carbocycles. The third-order valence-corrected chi connectivity index (χ3v) is 2.84. The molecular weight excluding hydrogens is 277 g/mol. The van der Waals surface area contributed by atoms with Gasteiger partial charge in [0.25, 0.3) is 5.91 Å². The quantitative estimate of drug-likeness (QED) is 0.895. The van der Waals surface area contributed by atoms with Gasteiger partial charge in [-0.05, 0) is 24.6 Å². The number of nitrogens with one attached hydrogen (secondary N) is 1. The number of amides is 1. The second-order valence-electron chi connectivity index (χ2n) is 4.34. The third kappa shape index (κ3) is 3.59. The monoisotopic (exact) mass is 289 g/mol. The molecule has 1 heterocycles. The van der Waals surface area contributed by atoms with Crippen LogP contribution in [0.3, 0.4) is 0 Å². The van der Waals surface area contributed by atoms with Crippen molar-refractivity contribution in [1.82, 2.24) is 15.3 Å². The maximum atomic E-state index is 12.8. The lowest BCUT2D eigenvalue weighted by Crippen LogP contribution is -2.27. The predicted molar refractivity (Wildman–Crippen MR) is 71.3 cm³/mol. The Hall–Kier alpha value is -2.83. The number of carbonyl (C=O) groups excluding carboxylic acids is 1. The van der Waals surface area contributed by atoms with Gasteiger partial charge in [0.2, 0.25) is 0 Å². The number of carboxylic acid groups (broad SMARTS) is 1. The van der Waals surface area contributed by atoms with Gasteiger partial charge in [-0.1, -0.05) is 12.1 Å². The van der Waals surface area contributed by atoms with E-state index in [9.17, 15) is 14.0 Å². The highest BCUT2D eigenvalue weighted by molar-refractivity contribution is 5.95. The van der Waals surface area contributed by atoms with Gasteiger partial charge in [0.15, 0.2) is 5.69 Å². The number of rotatable bonds is 4. The standard InChI is InChI=1S/C14H12FN3O3/c1-8(9-2-4-10(15)5-3-9)18-13(19)11-6-12(14(20)21)17-7-16-11/h2-8H,1H3,(H,18,19)(H,20,21). The summed E-state index contributed by atoms with van der Waals surface area (Å²) in [5.41, 5.74) is 0.415. The van der Waals surface area contributed by atoms with Crippen molar-refractivity contribution in [2.75, 3.05) is 0 Å². The molecule has 1 aromatic heterocycles. The number of aromatic carboxylic acids is 1. The zero-order chi connectivity index (χ0) is 15.4. The van der Waals surface area contributed by atoms with Crippen LogP contribution in [0.25, 0.3) is 0 Å². The first-order valence-corrected chi connectivity index (χ1v) is 6.09. The molecule has 7 heteroatoms. The number of carboxylic acids is 1. The van der Waals surface area contributed by atoms with E-state index in [-0.39, 0.29) is 23.2 Å². The van der Waals surface area contributed by atoms with Crippen molar-refractivity contribution < 1.29 is 19.1 Å². The zero-order valence-electron chi connectivity index (χ0n) is 11.1. The first kappa shape index (κ1) is 14.6. The topological polar surface area (TPSA) is 92.2 Å². The fraction of sp³-hybridized carbons (Fsp3) is 0.143. The minimum Gasteiger partial charge on any atom is -0.477 e. The van der Waals surface area contributed by atoms with Crippen LogP contribution in [-0.2, 0) is 0 Å². The SMILES string of the molecule is CC(NC(=O)c1cc(C(=O)O)ncn1)c1ccc(F)cc1. The van der Waals surface area contributed by atoms with Crippen LogP contribution in [0.2, 0.25) is 0 Å². The van der Waals surface area contributed by atoms with Gasteiger partial charge in [-0.25, -0.2) is 19.2 Å². The molecular formula is C14H12FN3O3. The molecule has 1 aromatic carbocycles. The molecule has 0 aliphatic rings. The molecule has 2 rings (SSSR count). The van der Waals surface area contributed by atoms with Crippen LogP contribution in [0.5, 0.6) is 0 Å². The van der Waals surface area contributed by atoms with Gasteiger partial charge in [0.05, 0.1) is 6.04 Å². The number of hydrogen-bond acceptors (Lipinski definition) is 4. The Labute approximate surface area is 119 Å². The fourth-order valence-corrected chi connectivity index (χ4v) is 1.70. The van der Waals surface area contributed by atoms with Gasteiger partial charge in [-0.3, -0.25) is 4.79 Å². The lowest BCUT2D eigenvalue weighted by molar-refractivity contribution is 0.0690. The number of nitrogens with zero attached hydrogens (tertiary/aromatic N) is 2. The summed E-state index contributed by atoms with van der Waals surface area (Å²) in [5.74, 6) is -2.13. The van der Waals surface area contributed by atoms with Gasteiger partial charge < -0.3 is 10.4 Å². The van der Waals surface area contributed by atoms with Crippen molar-refractivity contribution >= 4 is 11.9 Å². The number of halogens is 1. The van der Waals surface area contributed by atoms with Gasteiger partial charge in [0, 0.05) is 6.07 Å². The summed E-state index contributed by atoms with van der Waals surface area (Å²) in [7, 11) is 0. The highest BCUT2D eigenvalue weighted by Crippen LogP contribution is 2.13. The summed E-state index contributed by atoms with van der Waals surface area (Å²) in [6.45, 7) is 1.73. The normalized spacial score (nSPS) is 11.7. The Bertz CT molecular complexity index is 673. The number of carbonyl (C=O) groups is 2. The fourth-order valence-electron chi connectivity index (χ4n) is 1.70. The van der Waals surface area contributed by atoms with Gasteiger partial charge in [0.1, 0.15) is 17.8 Å². The molecule has 0 radical (unpaired) electrons. The Morgan fingerprint density at radius 2 is 1.81 bits per heavy atom. The molecule has 0 saturated heterocycles. The van der Waals surface area contributed by atoms with Crippen LogP contribution < -0.4 is 5.32 Å². The molecule has 2 aromatic rings. The second kappa shape index (κ2) is 6.08. The van der Waals surface area contributed by atoms with Crippen molar-refractivity contribution in [1.29, 1.82) is 0 Å². The first-order valence-electron chi connectivity index (χ1n) is 6.09. The Morgan fingerprint density at radius 1 is 1.19 bits per heavy atom. The van der Waals surface area contributed by atoms with Gasteiger partial charge in [-0.15, -0.1) is 0 Å². The van der Waals surface area contributed by atoms with Crippen LogP contribution in [0.4, 0.5) is 4.39 Å². The third-order valence-electron chi connectivity index (χ3n) is 2.84. The van der Waals surface area contributed by atoms with E-state index in [1.165, 1.54) is 12.1 Å². The zero-order valence-corrected chi connectivity index (χ0v) is 11.1. The lowest BCUT2D eigenvalue weighted by atomic mass is 10.1. The van der Waals surface area contributed by atoms with Crippen LogP contribution in [0, 0.1) is 5.82 Å². The molecule has 1 amide bonds. The maximum absolute atomic E-state index is 12.8. The number of hydrogen-bond donors (Lipinski definition) is 2. The van der Waals surface area contributed by atoms with Gasteiger partial charge >= 0.3 is 5.97 Å². The van der Waals surface area contributed by atoms with Crippen molar-refractivity contribution in [3.63, 3.8) is 0 Å². The van der Waals surface area contributed by atoms with Gasteiger partial charge in [-0.2, -0.15) is 0 Å². The molecule has 1 atom stereocenters. The summed E-state index contributed by atoms with van der Waals surface area (Å²) in [5, 5.41) is 11.5. The molecule has 0 aliphatic heterocycles. The smallest absolute Gasteiger partial charge is 0.354 e. The minimum absolute atomic E-state index is 0.0450. The largest absolute Gasteiger partial charge is 0.477 e. The van der Waals surface area contributed by atoms with E-state index < -0.39 is 11.9 Å². The van der Waals surface area contributed by atoms with Crippen molar-refractivity contribution in [2.24, 2.45) is 0 Å². The van der Waals surface area contributed by atoms with E-state index in [0.29, 0.717) is 0 Å². The van der Waals surface area contributed by atoms with E-state index in [4.69, 9.17) is 5.11 Å². The van der Waals surface area contributed by atoms with E-state index in [1.54, 1.807) is 19.1 Å². The van der Waals surface area contributed by atoms with E-state index in [1.807, 2.05) is 0 Å². The van der Waals surface area contributed by atoms with E-state index in [2.05, 4.69) is 15.3 Å². The van der Waals surface area contributed by atoms with Crippen molar-refractivity contribution in [3.8, 4) is 0 Å². The first-order chi connectivity index (χ1) is 9.97. The molecule has 21 heavy (non-hydrogen) atoms. The second-order valence-corrected chi connectivity index (χ2v) is 4.34. The highest BCUT2D eigenvalue weighted by Gasteiger charge is 2.15. The van der Waals surface area contributed by atoms with Crippen LogP contribution >= 0.6 is 0 Å². The van der Waals surface area contributed by atoms with Crippen molar-refractivity contribution in [2.45, 2.75) is 13.0 Å². The molecule has 0 fully saturated rings. The van der Waals surface area contributed by atoms with Crippen molar-refractivity contribution in [3.05, 3.63) is 59.4 Å². The molecule has 0 aliphatic carbocycles. The summed E-state index contributed by atoms with van der Waals surface area (Å²) in [6.07, 6.45) is 1.01.